The van der Waals surface area contributed by atoms with Gasteiger partial charge in [0, 0.05) is 11.6 Å². The SMILES string of the molecule is CCOc1cc(/C=N/NC(=O)Cc2ccccc2[N+](=O)[O-])cc(Cl)c1OCc1ccc(F)cc1. The summed E-state index contributed by atoms with van der Waals surface area (Å²) in [4.78, 5) is 22.7. The van der Waals surface area contributed by atoms with E-state index in [0.717, 1.165) is 5.56 Å². The van der Waals surface area contributed by atoms with Gasteiger partial charge < -0.3 is 9.47 Å². The highest BCUT2D eigenvalue weighted by molar-refractivity contribution is 6.32. The first-order chi connectivity index (χ1) is 16.4. The minimum Gasteiger partial charge on any atom is -0.490 e. The molecule has 3 aromatic carbocycles. The summed E-state index contributed by atoms with van der Waals surface area (Å²) in [7, 11) is 0. The Bertz CT molecular complexity index is 1200. The van der Waals surface area contributed by atoms with Gasteiger partial charge in [0.25, 0.3) is 5.69 Å². The van der Waals surface area contributed by atoms with Crippen molar-refractivity contribution in [2.24, 2.45) is 5.10 Å². The number of hydrogen-bond acceptors (Lipinski definition) is 6. The smallest absolute Gasteiger partial charge is 0.273 e. The van der Waals surface area contributed by atoms with Crippen LogP contribution in [0.15, 0.2) is 65.8 Å². The largest absolute Gasteiger partial charge is 0.490 e. The van der Waals surface area contributed by atoms with Gasteiger partial charge in [-0.25, -0.2) is 9.82 Å². The number of ether oxygens (including phenoxy) is 2. The number of nitro groups is 1. The second-order valence-electron chi connectivity index (χ2n) is 7.03. The molecule has 0 unspecified atom stereocenters. The number of para-hydroxylation sites is 1. The van der Waals surface area contributed by atoms with E-state index in [-0.39, 0.29) is 35.1 Å². The second-order valence-corrected chi connectivity index (χ2v) is 7.44. The molecule has 0 saturated heterocycles. The zero-order valence-corrected chi connectivity index (χ0v) is 18.9. The first-order valence-corrected chi connectivity index (χ1v) is 10.6. The van der Waals surface area contributed by atoms with Crippen LogP contribution >= 0.6 is 11.6 Å². The maximum Gasteiger partial charge on any atom is 0.273 e. The highest BCUT2D eigenvalue weighted by Gasteiger charge is 2.15. The zero-order valence-electron chi connectivity index (χ0n) is 18.2. The van der Waals surface area contributed by atoms with Gasteiger partial charge in [0.15, 0.2) is 11.5 Å². The third kappa shape index (κ3) is 6.76. The molecule has 3 aromatic rings. The van der Waals surface area contributed by atoms with Gasteiger partial charge in [0.05, 0.1) is 29.2 Å². The van der Waals surface area contributed by atoms with Crippen molar-refractivity contribution in [1.82, 2.24) is 5.43 Å². The van der Waals surface area contributed by atoms with E-state index < -0.39 is 10.8 Å². The quantitative estimate of drug-likeness (QED) is 0.246. The summed E-state index contributed by atoms with van der Waals surface area (Å²) in [5.74, 6) is -0.148. The molecule has 176 valence electrons. The Morgan fingerprint density at radius 2 is 1.91 bits per heavy atom. The van der Waals surface area contributed by atoms with Crippen molar-refractivity contribution in [3.8, 4) is 11.5 Å². The molecule has 0 aliphatic rings. The van der Waals surface area contributed by atoms with Crippen LogP contribution in [0.2, 0.25) is 5.02 Å². The number of halogens is 2. The Hall–Kier alpha value is -3.98. The lowest BCUT2D eigenvalue weighted by atomic mass is 10.1. The standard InChI is InChI=1S/C24H21ClFN3O5/c1-2-33-22-12-17(11-20(25)24(22)34-15-16-7-9-19(26)10-8-16)14-27-28-23(30)13-18-5-3-4-6-21(18)29(31)32/h3-12,14H,2,13,15H2,1H3,(H,28,30)/b27-14+. The van der Waals surface area contributed by atoms with Crippen LogP contribution in [-0.4, -0.2) is 23.7 Å². The highest BCUT2D eigenvalue weighted by Crippen LogP contribution is 2.37. The van der Waals surface area contributed by atoms with Gasteiger partial charge in [-0.3, -0.25) is 14.9 Å². The molecule has 8 nitrogen and oxygen atoms in total. The van der Waals surface area contributed by atoms with Crippen LogP contribution in [0.4, 0.5) is 10.1 Å². The summed E-state index contributed by atoms with van der Waals surface area (Å²) in [6.45, 7) is 2.33. The number of hydrogen-bond donors (Lipinski definition) is 1. The molecule has 1 amide bonds. The summed E-state index contributed by atoms with van der Waals surface area (Å²) in [5, 5.41) is 15.2. The van der Waals surface area contributed by atoms with Gasteiger partial charge in [-0.15, -0.1) is 0 Å². The Labute approximate surface area is 200 Å². The molecule has 0 spiro atoms. The molecular weight excluding hydrogens is 465 g/mol. The number of nitro benzene ring substituents is 1. The lowest BCUT2D eigenvalue weighted by molar-refractivity contribution is -0.385. The third-order valence-corrected chi connectivity index (χ3v) is 4.85. The van der Waals surface area contributed by atoms with Crippen LogP contribution in [0.1, 0.15) is 23.6 Å². The molecule has 0 aromatic heterocycles. The second kappa shape index (κ2) is 11.8. The van der Waals surface area contributed by atoms with E-state index in [0.29, 0.717) is 23.7 Å². The number of amides is 1. The van der Waals surface area contributed by atoms with Gasteiger partial charge >= 0.3 is 0 Å². The molecule has 0 fully saturated rings. The molecule has 0 aliphatic heterocycles. The van der Waals surface area contributed by atoms with Gasteiger partial charge in [-0.1, -0.05) is 41.9 Å². The number of nitrogens with zero attached hydrogens (tertiary/aromatic N) is 2. The van der Waals surface area contributed by atoms with Crippen molar-refractivity contribution >= 4 is 29.4 Å². The lowest BCUT2D eigenvalue weighted by Gasteiger charge is -2.14. The van der Waals surface area contributed by atoms with Crippen molar-refractivity contribution in [2.75, 3.05) is 6.61 Å². The maximum absolute atomic E-state index is 13.1. The van der Waals surface area contributed by atoms with E-state index in [2.05, 4.69) is 10.5 Å². The van der Waals surface area contributed by atoms with Gasteiger partial charge in [0.2, 0.25) is 5.91 Å². The molecular formula is C24H21ClFN3O5. The summed E-state index contributed by atoms with van der Waals surface area (Å²) >= 11 is 6.38. The number of hydrazone groups is 1. The number of carbonyl (C=O) groups excluding carboxylic acids is 1. The van der Waals surface area contributed by atoms with E-state index in [1.807, 2.05) is 0 Å². The minimum absolute atomic E-state index is 0.133. The Kier molecular flexibility index (Phi) is 8.53. The Morgan fingerprint density at radius 1 is 1.18 bits per heavy atom. The van der Waals surface area contributed by atoms with Crippen molar-refractivity contribution in [3.63, 3.8) is 0 Å². The number of nitrogens with one attached hydrogen (secondary N) is 1. The normalized spacial score (nSPS) is 10.8. The van der Waals surface area contributed by atoms with E-state index in [4.69, 9.17) is 21.1 Å². The molecule has 34 heavy (non-hydrogen) atoms. The number of rotatable bonds is 10. The molecule has 0 atom stereocenters. The molecule has 1 N–H and O–H groups in total. The van der Waals surface area contributed by atoms with Crippen LogP contribution in [0.5, 0.6) is 11.5 Å². The molecule has 0 bridgehead atoms. The first kappa shape index (κ1) is 24.7. The van der Waals surface area contributed by atoms with E-state index >= 15 is 0 Å². The van der Waals surface area contributed by atoms with Crippen molar-refractivity contribution in [2.45, 2.75) is 20.0 Å². The molecule has 0 aliphatic carbocycles. The van der Waals surface area contributed by atoms with E-state index in [1.165, 1.54) is 36.5 Å². The average molecular weight is 486 g/mol. The van der Waals surface area contributed by atoms with Crippen LogP contribution in [-0.2, 0) is 17.8 Å². The maximum atomic E-state index is 13.1. The molecule has 10 heteroatoms. The van der Waals surface area contributed by atoms with Gasteiger partial charge in [-0.05, 0) is 42.3 Å². The van der Waals surface area contributed by atoms with Crippen molar-refractivity contribution in [1.29, 1.82) is 0 Å². The zero-order chi connectivity index (χ0) is 24.5. The minimum atomic E-state index is -0.539. The summed E-state index contributed by atoms with van der Waals surface area (Å²) in [5.41, 5.74) is 3.79. The van der Waals surface area contributed by atoms with Crippen molar-refractivity contribution < 1.29 is 23.6 Å². The predicted molar refractivity (Wildman–Crippen MR) is 126 cm³/mol. The molecule has 0 radical (unpaired) electrons. The van der Waals surface area contributed by atoms with Crippen LogP contribution in [0.25, 0.3) is 0 Å². The van der Waals surface area contributed by atoms with Crippen LogP contribution < -0.4 is 14.9 Å². The van der Waals surface area contributed by atoms with Crippen LogP contribution in [0, 0.1) is 15.9 Å². The number of benzene rings is 3. The highest BCUT2D eigenvalue weighted by atomic mass is 35.5. The summed E-state index contributed by atoms with van der Waals surface area (Å²) < 4.78 is 24.5. The predicted octanol–water partition coefficient (Wildman–Crippen LogP) is 5.06. The van der Waals surface area contributed by atoms with Gasteiger partial charge in [-0.2, -0.15) is 5.10 Å². The van der Waals surface area contributed by atoms with E-state index in [1.54, 1.807) is 37.3 Å². The summed E-state index contributed by atoms with van der Waals surface area (Å²) in [6, 6.07) is 15.1. The Morgan fingerprint density at radius 3 is 2.62 bits per heavy atom. The molecule has 0 saturated carbocycles. The van der Waals surface area contributed by atoms with Crippen molar-refractivity contribution in [3.05, 3.63) is 98.3 Å². The average Bonchev–Trinajstić information content (AvgIpc) is 2.80. The fraction of sp³-hybridized carbons (Fsp3) is 0.167. The number of carbonyl (C=O) groups is 1. The molecule has 3 rings (SSSR count). The first-order valence-electron chi connectivity index (χ1n) is 10.2. The topological polar surface area (TPSA) is 103 Å². The van der Waals surface area contributed by atoms with Crippen LogP contribution in [0.3, 0.4) is 0 Å². The Balaban J connectivity index is 1.67. The molecule has 0 heterocycles. The fourth-order valence-electron chi connectivity index (χ4n) is 3.03. The summed E-state index contributed by atoms with van der Waals surface area (Å²) in [6.07, 6.45) is 1.17. The monoisotopic (exact) mass is 485 g/mol. The van der Waals surface area contributed by atoms with Gasteiger partial charge in [0.1, 0.15) is 12.4 Å². The fourth-order valence-corrected chi connectivity index (χ4v) is 3.31. The lowest BCUT2D eigenvalue weighted by Crippen LogP contribution is -2.20. The third-order valence-electron chi connectivity index (χ3n) is 4.57. The van der Waals surface area contributed by atoms with E-state index in [9.17, 15) is 19.3 Å².